The molecule has 0 spiro atoms. The molecule has 0 amide bonds. The number of nitrogens with zero attached hydrogens (tertiary/aromatic N) is 1. The van der Waals surface area contributed by atoms with Gasteiger partial charge in [-0.1, -0.05) is 40.2 Å². The summed E-state index contributed by atoms with van der Waals surface area (Å²) in [6.45, 7) is 12.9. The minimum atomic E-state index is -1.24. The lowest BCUT2D eigenvalue weighted by Gasteiger charge is -2.34. The number of epoxide rings is 1. The molecular formula is C29H43NO6. The summed E-state index contributed by atoms with van der Waals surface area (Å²) in [7, 11) is 0. The van der Waals surface area contributed by atoms with Gasteiger partial charge in [-0.2, -0.15) is 0 Å². The lowest BCUT2D eigenvalue weighted by atomic mass is 9.73. The Labute approximate surface area is 215 Å². The van der Waals surface area contributed by atoms with Gasteiger partial charge in [-0.15, -0.1) is 0 Å². The number of pyridine rings is 1. The standard InChI is InChI=1S/C29H43NO6/c1-17-11-9-13-30-21(17)14-19(3)22-15-24-29(7,36-24)12-8-10-18(2)26(33)20(4)27(34)28(5,6)23(31)16-25(32)35-22/h9,11,13-14,18,20,22-24,26,31,33H,8,10,12,15-16H2,1-7H3/b19-14+/t18?,20-,22+,23+,24+,26?,29-/m1/s1. The molecule has 1 aromatic rings. The maximum absolute atomic E-state index is 13.2. The molecule has 2 saturated heterocycles. The van der Waals surface area contributed by atoms with Crippen LogP contribution in [0.5, 0.6) is 0 Å². The first-order valence-electron chi connectivity index (χ1n) is 13.1. The summed E-state index contributed by atoms with van der Waals surface area (Å²) in [5.74, 6) is -1.57. The number of carbonyl (C=O) groups is 2. The lowest BCUT2D eigenvalue weighted by Crippen LogP contribution is -2.45. The Morgan fingerprint density at radius 3 is 2.56 bits per heavy atom. The van der Waals surface area contributed by atoms with Crippen LogP contribution in [0.15, 0.2) is 23.9 Å². The van der Waals surface area contributed by atoms with E-state index in [0.29, 0.717) is 6.42 Å². The molecule has 0 aromatic carbocycles. The van der Waals surface area contributed by atoms with Gasteiger partial charge < -0.3 is 19.7 Å². The number of ether oxygens (including phenoxy) is 2. The van der Waals surface area contributed by atoms with Crippen molar-refractivity contribution in [3.63, 3.8) is 0 Å². The van der Waals surface area contributed by atoms with Crippen molar-refractivity contribution in [1.29, 1.82) is 0 Å². The Kier molecular flexibility index (Phi) is 8.79. The number of aliphatic hydroxyl groups is 2. The number of Topliss-reactive ketones (excluding diaryl/α,β-unsaturated/α-hetero) is 1. The Morgan fingerprint density at radius 1 is 1.19 bits per heavy atom. The van der Waals surface area contributed by atoms with Gasteiger partial charge >= 0.3 is 5.97 Å². The van der Waals surface area contributed by atoms with E-state index in [1.807, 2.05) is 39.0 Å². The van der Waals surface area contributed by atoms with Crippen molar-refractivity contribution in [2.24, 2.45) is 17.3 Å². The summed E-state index contributed by atoms with van der Waals surface area (Å²) in [5.41, 5.74) is 1.16. The molecule has 0 bridgehead atoms. The maximum atomic E-state index is 13.2. The largest absolute Gasteiger partial charge is 0.458 e. The highest BCUT2D eigenvalue weighted by molar-refractivity contribution is 5.88. The fourth-order valence-electron chi connectivity index (χ4n) is 5.25. The van der Waals surface area contributed by atoms with Gasteiger partial charge in [0.25, 0.3) is 0 Å². The zero-order valence-electron chi connectivity index (χ0n) is 22.8. The van der Waals surface area contributed by atoms with E-state index >= 15 is 0 Å². The number of carbonyl (C=O) groups excluding carboxylic acids is 2. The number of esters is 1. The number of hydrogen-bond acceptors (Lipinski definition) is 7. The van der Waals surface area contributed by atoms with Gasteiger partial charge in [-0.3, -0.25) is 14.6 Å². The first-order valence-corrected chi connectivity index (χ1v) is 13.1. The van der Waals surface area contributed by atoms with E-state index in [4.69, 9.17) is 9.47 Å². The van der Waals surface area contributed by atoms with Crippen LogP contribution in [0, 0.1) is 24.2 Å². The number of ketones is 1. The highest BCUT2D eigenvalue weighted by atomic mass is 16.6. The van der Waals surface area contributed by atoms with Crippen molar-refractivity contribution < 1.29 is 29.3 Å². The molecule has 36 heavy (non-hydrogen) atoms. The van der Waals surface area contributed by atoms with E-state index in [1.165, 1.54) is 0 Å². The van der Waals surface area contributed by atoms with Crippen molar-refractivity contribution in [1.82, 2.24) is 4.98 Å². The molecule has 1 aromatic heterocycles. The molecule has 7 atom stereocenters. The van der Waals surface area contributed by atoms with Crippen molar-refractivity contribution in [2.45, 2.75) is 111 Å². The Balaban J connectivity index is 1.88. The second kappa shape index (κ2) is 11.1. The van der Waals surface area contributed by atoms with Gasteiger partial charge in [-0.05, 0) is 62.8 Å². The maximum Gasteiger partial charge on any atom is 0.309 e. The molecule has 200 valence electrons. The monoisotopic (exact) mass is 501 g/mol. The first-order chi connectivity index (χ1) is 16.8. The molecule has 3 heterocycles. The third-order valence-corrected chi connectivity index (χ3v) is 8.33. The van der Waals surface area contributed by atoms with Crippen molar-refractivity contribution in [3.8, 4) is 0 Å². The third kappa shape index (κ3) is 6.42. The summed E-state index contributed by atoms with van der Waals surface area (Å²) >= 11 is 0. The van der Waals surface area contributed by atoms with E-state index in [0.717, 1.165) is 36.1 Å². The molecule has 0 aliphatic carbocycles. The fraction of sp³-hybridized carbons (Fsp3) is 0.690. The van der Waals surface area contributed by atoms with Crippen LogP contribution < -0.4 is 0 Å². The second-order valence-corrected chi connectivity index (χ2v) is 11.7. The van der Waals surface area contributed by atoms with Crippen LogP contribution in [-0.4, -0.2) is 57.0 Å². The predicted octanol–water partition coefficient (Wildman–Crippen LogP) is 4.42. The molecule has 3 rings (SSSR count). The van der Waals surface area contributed by atoms with Crippen molar-refractivity contribution >= 4 is 17.8 Å². The van der Waals surface area contributed by atoms with Gasteiger partial charge in [0, 0.05) is 18.5 Å². The van der Waals surface area contributed by atoms with E-state index in [1.54, 1.807) is 27.0 Å². The normalized spacial score (nSPS) is 36.6. The van der Waals surface area contributed by atoms with Crippen LogP contribution in [0.25, 0.3) is 6.08 Å². The quantitative estimate of drug-likeness (QED) is 0.456. The number of rotatable bonds is 2. The number of hydrogen-bond donors (Lipinski definition) is 2. The minimum Gasteiger partial charge on any atom is -0.458 e. The summed E-state index contributed by atoms with van der Waals surface area (Å²) in [4.78, 5) is 30.7. The zero-order valence-corrected chi connectivity index (χ0v) is 22.8. The average Bonchev–Trinajstić information content (AvgIpc) is 3.46. The highest BCUT2D eigenvalue weighted by Crippen LogP contribution is 2.45. The molecule has 2 unspecified atom stereocenters. The number of fused-ring (bicyclic) bond motifs is 1. The second-order valence-electron chi connectivity index (χ2n) is 11.7. The average molecular weight is 502 g/mol. The molecule has 2 N–H and O–H groups in total. The van der Waals surface area contributed by atoms with Crippen LogP contribution in [0.4, 0.5) is 0 Å². The number of aryl methyl sites for hydroxylation is 1. The molecule has 2 aliphatic rings. The topological polar surface area (TPSA) is 109 Å². The van der Waals surface area contributed by atoms with Crippen molar-refractivity contribution in [2.75, 3.05) is 0 Å². The Hall–Kier alpha value is -2.09. The molecule has 7 nitrogen and oxygen atoms in total. The van der Waals surface area contributed by atoms with Gasteiger partial charge in [0.2, 0.25) is 0 Å². The Bertz CT molecular complexity index is 988. The Morgan fingerprint density at radius 2 is 1.89 bits per heavy atom. The SMILES string of the molecule is C/C(=C\c1ncccc1C)[C@@H]1C[C@@H]2O[C@]2(C)CCCC(C)C(O)[C@@H](C)C(=O)C(C)(C)[C@@H](O)CC(=O)O1. The summed E-state index contributed by atoms with van der Waals surface area (Å²) in [6, 6.07) is 3.86. The van der Waals surface area contributed by atoms with Gasteiger partial charge in [0.1, 0.15) is 11.9 Å². The molecule has 2 fully saturated rings. The summed E-state index contributed by atoms with van der Waals surface area (Å²) < 4.78 is 12.0. The van der Waals surface area contributed by atoms with Crippen LogP contribution in [0.2, 0.25) is 0 Å². The molecule has 0 radical (unpaired) electrons. The molecule has 2 aliphatic heterocycles. The number of cyclic esters (lactones) is 1. The van der Waals surface area contributed by atoms with E-state index in [-0.39, 0.29) is 29.8 Å². The summed E-state index contributed by atoms with van der Waals surface area (Å²) in [5, 5.41) is 21.7. The number of aliphatic hydroxyl groups excluding tert-OH is 2. The van der Waals surface area contributed by atoms with E-state index in [9.17, 15) is 19.8 Å². The third-order valence-electron chi connectivity index (χ3n) is 8.33. The van der Waals surface area contributed by atoms with Crippen LogP contribution >= 0.6 is 0 Å². The minimum absolute atomic E-state index is 0.0570. The molecular weight excluding hydrogens is 458 g/mol. The van der Waals surface area contributed by atoms with Crippen LogP contribution in [-0.2, 0) is 19.1 Å². The molecule has 0 saturated carbocycles. The number of aromatic nitrogens is 1. The molecule has 7 heteroatoms. The van der Waals surface area contributed by atoms with E-state index < -0.39 is 35.6 Å². The van der Waals surface area contributed by atoms with Gasteiger partial charge in [0.15, 0.2) is 0 Å². The van der Waals surface area contributed by atoms with E-state index in [2.05, 4.69) is 11.9 Å². The van der Waals surface area contributed by atoms with Crippen LogP contribution in [0.3, 0.4) is 0 Å². The van der Waals surface area contributed by atoms with Gasteiger partial charge in [0.05, 0.1) is 41.4 Å². The highest BCUT2D eigenvalue weighted by Gasteiger charge is 2.53. The van der Waals surface area contributed by atoms with Crippen molar-refractivity contribution in [3.05, 3.63) is 35.2 Å². The predicted molar refractivity (Wildman–Crippen MR) is 138 cm³/mol. The lowest BCUT2D eigenvalue weighted by molar-refractivity contribution is -0.154. The zero-order chi connectivity index (χ0) is 26.8. The van der Waals surface area contributed by atoms with Gasteiger partial charge in [-0.25, -0.2) is 0 Å². The summed E-state index contributed by atoms with van der Waals surface area (Å²) in [6.07, 6.45) is 3.64. The van der Waals surface area contributed by atoms with Crippen LogP contribution in [0.1, 0.15) is 84.9 Å². The first kappa shape index (κ1) is 28.5. The fourth-order valence-corrected chi connectivity index (χ4v) is 5.25. The smallest absolute Gasteiger partial charge is 0.309 e.